The number of aromatic nitrogens is 1. The number of aryl methyl sites for hydroxylation is 2. The second-order valence-electron chi connectivity index (χ2n) is 7.26. The number of rotatable bonds is 6. The van der Waals surface area contributed by atoms with Crippen LogP contribution in [0.4, 0.5) is 0 Å². The minimum absolute atomic E-state index is 0.222. The van der Waals surface area contributed by atoms with Gasteiger partial charge in [0.25, 0.3) is 5.91 Å². The van der Waals surface area contributed by atoms with Gasteiger partial charge in [-0.3, -0.25) is 4.79 Å². The molecule has 4 aromatic rings. The Morgan fingerprint density at radius 3 is 2.35 bits per heavy atom. The maximum absolute atomic E-state index is 12.4. The molecule has 6 heteroatoms. The summed E-state index contributed by atoms with van der Waals surface area (Å²) in [5.41, 5.74) is 4.38. The first-order chi connectivity index (χ1) is 15.0. The molecule has 0 spiro atoms. The van der Waals surface area contributed by atoms with Gasteiger partial charge in [-0.05, 0) is 79.1 Å². The fraction of sp³-hybridized carbons (Fsp3) is 0.120. The molecule has 0 saturated carbocycles. The first kappa shape index (κ1) is 20.7. The van der Waals surface area contributed by atoms with Crippen molar-refractivity contribution in [3.8, 4) is 22.8 Å². The summed E-state index contributed by atoms with van der Waals surface area (Å²) in [6.45, 7) is 4.49. The van der Waals surface area contributed by atoms with Gasteiger partial charge in [0.05, 0.1) is 0 Å². The zero-order valence-electron chi connectivity index (χ0n) is 17.2. The highest BCUT2D eigenvalue weighted by Crippen LogP contribution is 2.24. The van der Waals surface area contributed by atoms with E-state index in [1.165, 1.54) is 11.1 Å². The van der Waals surface area contributed by atoms with Crippen LogP contribution in [-0.2, 0) is 6.54 Å². The van der Waals surface area contributed by atoms with Gasteiger partial charge in [0, 0.05) is 23.2 Å². The Kier molecular flexibility index (Phi) is 6.05. The highest BCUT2D eigenvalue weighted by Gasteiger charge is 2.13. The van der Waals surface area contributed by atoms with Crippen molar-refractivity contribution < 1.29 is 14.1 Å². The summed E-state index contributed by atoms with van der Waals surface area (Å²) in [6, 6.07) is 22.3. The molecule has 0 radical (unpaired) electrons. The number of hydrogen-bond donors (Lipinski definition) is 1. The van der Waals surface area contributed by atoms with Crippen LogP contribution in [0.1, 0.15) is 27.2 Å². The average Bonchev–Trinajstić information content (AvgIpc) is 3.26. The summed E-state index contributed by atoms with van der Waals surface area (Å²) in [7, 11) is 0. The number of hydrogen-bond acceptors (Lipinski definition) is 4. The zero-order valence-corrected chi connectivity index (χ0v) is 17.9. The number of nitrogens with zero attached hydrogens (tertiary/aromatic N) is 1. The van der Waals surface area contributed by atoms with Crippen molar-refractivity contribution in [2.75, 3.05) is 0 Å². The molecule has 0 bridgehead atoms. The Balaban J connectivity index is 1.34. The van der Waals surface area contributed by atoms with Gasteiger partial charge in [0.2, 0.25) is 0 Å². The van der Waals surface area contributed by atoms with Crippen molar-refractivity contribution in [1.29, 1.82) is 0 Å². The third kappa shape index (κ3) is 5.13. The van der Waals surface area contributed by atoms with Crippen molar-refractivity contribution in [2.45, 2.75) is 20.4 Å². The normalized spacial score (nSPS) is 10.7. The maximum Gasteiger partial charge on any atom is 0.273 e. The summed E-state index contributed by atoms with van der Waals surface area (Å²) in [6.07, 6.45) is 0. The predicted molar refractivity (Wildman–Crippen MR) is 121 cm³/mol. The van der Waals surface area contributed by atoms with E-state index in [1.54, 1.807) is 18.2 Å². The topological polar surface area (TPSA) is 64.4 Å². The van der Waals surface area contributed by atoms with E-state index in [0.717, 1.165) is 22.6 Å². The van der Waals surface area contributed by atoms with E-state index >= 15 is 0 Å². The van der Waals surface area contributed by atoms with Gasteiger partial charge < -0.3 is 14.6 Å². The van der Waals surface area contributed by atoms with Gasteiger partial charge in [-0.1, -0.05) is 35.0 Å². The molecule has 3 aromatic carbocycles. The molecular weight excluding hydrogens is 412 g/mol. The molecule has 0 fully saturated rings. The van der Waals surface area contributed by atoms with Gasteiger partial charge in [0.15, 0.2) is 11.5 Å². The van der Waals surface area contributed by atoms with Crippen LogP contribution in [0.3, 0.4) is 0 Å². The first-order valence-corrected chi connectivity index (χ1v) is 10.2. The second-order valence-corrected chi connectivity index (χ2v) is 7.69. The van der Waals surface area contributed by atoms with Crippen LogP contribution in [-0.4, -0.2) is 11.1 Å². The van der Waals surface area contributed by atoms with Gasteiger partial charge in [0.1, 0.15) is 11.5 Å². The van der Waals surface area contributed by atoms with Crippen LogP contribution in [0.25, 0.3) is 11.3 Å². The minimum Gasteiger partial charge on any atom is -0.457 e. The molecule has 0 unspecified atom stereocenters. The summed E-state index contributed by atoms with van der Waals surface area (Å²) in [5.74, 6) is 1.74. The molecule has 1 aromatic heterocycles. The standard InChI is InChI=1S/C25H21ClN2O3/c1-16-3-10-22(13-17(16)2)30-21-11-4-18(5-12-21)15-27-25(29)23-14-24(31-28-23)19-6-8-20(26)9-7-19/h3-14H,15H2,1-2H3,(H,27,29). The maximum atomic E-state index is 12.4. The van der Waals surface area contributed by atoms with Crippen LogP contribution >= 0.6 is 11.6 Å². The van der Waals surface area contributed by atoms with Crippen LogP contribution in [0.2, 0.25) is 5.02 Å². The lowest BCUT2D eigenvalue weighted by Gasteiger charge is -2.09. The zero-order chi connectivity index (χ0) is 21.8. The Labute approximate surface area is 185 Å². The Morgan fingerprint density at radius 1 is 0.935 bits per heavy atom. The number of nitrogens with one attached hydrogen (secondary N) is 1. The van der Waals surface area contributed by atoms with E-state index in [0.29, 0.717) is 17.3 Å². The quantitative estimate of drug-likeness (QED) is 0.386. The number of halogens is 1. The summed E-state index contributed by atoms with van der Waals surface area (Å²) in [5, 5.41) is 7.34. The molecule has 0 aliphatic rings. The lowest BCUT2D eigenvalue weighted by Crippen LogP contribution is -2.22. The first-order valence-electron chi connectivity index (χ1n) is 9.83. The van der Waals surface area contributed by atoms with Crippen molar-refractivity contribution in [2.24, 2.45) is 0 Å². The second kappa shape index (κ2) is 9.06. The van der Waals surface area contributed by atoms with E-state index in [2.05, 4.69) is 24.3 Å². The largest absolute Gasteiger partial charge is 0.457 e. The number of benzene rings is 3. The third-order valence-corrected chi connectivity index (χ3v) is 5.21. The molecule has 31 heavy (non-hydrogen) atoms. The fourth-order valence-corrected chi connectivity index (χ4v) is 3.12. The molecule has 0 atom stereocenters. The number of carbonyl (C=O) groups is 1. The van der Waals surface area contributed by atoms with Gasteiger partial charge in [-0.25, -0.2) is 0 Å². The Bertz CT molecular complexity index is 1200. The van der Waals surface area contributed by atoms with Crippen LogP contribution in [0, 0.1) is 13.8 Å². The lowest BCUT2D eigenvalue weighted by molar-refractivity contribution is 0.0942. The van der Waals surface area contributed by atoms with Gasteiger partial charge in [-0.15, -0.1) is 0 Å². The van der Waals surface area contributed by atoms with E-state index in [4.69, 9.17) is 20.9 Å². The number of amides is 1. The molecule has 0 aliphatic carbocycles. The van der Waals surface area contributed by atoms with Crippen LogP contribution < -0.4 is 10.1 Å². The Morgan fingerprint density at radius 2 is 1.65 bits per heavy atom. The molecule has 0 aliphatic heterocycles. The molecule has 1 N–H and O–H groups in total. The highest BCUT2D eigenvalue weighted by atomic mass is 35.5. The smallest absolute Gasteiger partial charge is 0.273 e. The molecule has 156 valence electrons. The summed E-state index contributed by atoms with van der Waals surface area (Å²) in [4.78, 5) is 12.4. The molecule has 1 amide bonds. The molecule has 4 rings (SSSR count). The predicted octanol–water partition coefficient (Wildman–Crippen LogP) is 6.33. The van der Waals surface area contributed by atoms with E-state index in [1.807, 2.05) is 54.6 Å². The fourth-order valence-electron chi connectivity index (χ4n) is 2.99. The lowest BCUT2D eigenvalue weighted by atomic mass is 10.1. The molecule has 5 nitrogen and oxygen atoms in total. The van der Waals surface area contributed by atoms with E-state index < -0.39 is 0 Å². The van der Waals surface area contributed by atoms with Crippen molar-refractivity contribution in [1.82, 2.24) is 10.5 Å². The van der Waals surface area contributed by atoms with Gasteiger partial charge in [-0.2, -0.15) is 0 Å². The number of ether oxygens (including phenoxy) is 1. The average molecular weight is 433 g/mol. The van der Waals surface area contributed by atoms with E-state index in [9.17, 15) is 4.79 Å². The number of carbonyl (C=O) groups excluding carboxylic acids is 1. The highest BCUT2D eigenvalue weighted by molar-refractivity contribution is 6.30. The molecular formula is C25H21ClN2O3. The van der Waals surface area contributed by atoms with Crippen LogP contribution in [0.15, 0.2) is 77.3 Å². The summed E-state index contributed by atoms with van der Waals surface area (Å²) >= 11 is 5.90. The monoisotopic (exact) mass is 432 g/mol. The van der Waals surface area contributed by atoms with Crippen LogP contribution in [0.5, 0.6) is 11.5 Å². The summed E-state index contributed by atoms with van der Waals surface area (Å²) < 4.78 is 11.2. The SMILES string of the molecule is Cc1ccc(Oc2ccc(CNC(=O)c3cc(-c4ccc(Cl)cc4)on3)cc2)cc1C. The molecule has 0 saturated heterocycles. The minimum atomic E-state index is -0.306. The van der Waals surface area contributed by atoms with E-state index in [-0.39, 0.29) is 11.6 Å². The Hall–Kier alpha value is -3.57. The molecule has 1 heterocycles. The van der Waals surface area contributed by atoms with Crippen molar-refractivity contribution in [3.05, 3.63) is 100 Å². The van der Waals surface area contributed by atoms with Crippen molar-refractivity contribution >= 4 is 17.5 Å². The third-order valence-electron chi connectivity index (χ3n) is 4.96. The van der Waals surface area contributed by atoms with Crippen molar-refractivity contribution in [3.63, 3.8) is 0 Å². The van der Waals surface area contributed by atoms with Gasteiger partial charge >= 0.3 is 0 Å².